The molecular formula is C20H22N2. The van der Waals surface area contributed by atoms with E-state index in [4.69, 9.17) is 10.5 Å². The maximum absolute atomic E-state index is 8.80. The van der Waals surface area contributed by atoms with E-state index in [0.29, 0.717) is 5.92 Å². The molecule has 0 aromatic heterocycles. The van der Waals surface area contributed by atoms with Gasteiger partial charge in [0.1, 0.15) is 0 Å². The Hall–Kier alpha value is -2.32. The maximum atomic E-state index is 8.80. The minimum absolute atomic E-state index is 0.675. The summed E-state index contributed by atoms with van der Waals surface area (Å²) in [5.74, 6) is 1.50. The highest BCUT2D eigenvalue weighted by Crippen LogP contribution is 2.32. The van der Waals surface area contributed by atoms with Crippen LogP contribution < -0.4 is 0 Å². The molecule has 0 aliphatic heterocycles. The van der Waals surface area contributed by atoms with Gasteiger partial charge in [0.2, 0.25) is 0 Å². The van der Waals surface area contributed by atoms with E-state index >= 15 is 0 Å². The van der Waals surface area contributed by atoms with Crippen LogP contribution in [0.1, 0.15) is 43.2 Å². The molecule has 1 aromatic rings. The lowest BCUT2D eigenvalue weighted by Gasteiger charge is -2.26. The number of benzene rings is 1. The van der Waals surface area contributed by atoms with Gasteiger partial charge in [0.25, 0.3) is 0 Å². The molecule has 1 saturated carbocycles. The second-order valence-electron chi connectivity index (χ2n) is 6.00. The summed E-state index contributed by atoms with van der Waals surface area (Å²) in [6.07, 6.45) is 15.1. The van der Waals surface area contributed by atoms with Crippen LogP contribution in [0.4, 0.5) is 0 Å². The summed E-state index contributed by atoms with van der Waals surface area (Å²) >= 11 is 0. The van der Waals surface area contributed by atoms with Crippen molar-refractivity contribution in [3.05, 3.63) is 59.7 Å². The topological polar surface area (TPSA) is 47.6 Å². The number of aryl methyl sites for hydroxylation is 1. The van der Waals surface area contributed by atoms with Gasteiger partial charge in [-0.05, 0) is 68.1 Å². The molecule has 0 spiro atoms. The zero-order valence-electron chi connectivity index (χ0n) is 12.9. The lowest BCUT2D eigenvalue weighted by atomic mass is 9.79. The average Bonchev–Trinajstić information content (AvgIpc) is 2.58. The van der Waals surface area contributed by atoms with Gasteiger partial charge in [-0.1, -0.05) is 30.4 Å². The predicted octanol–water partition coefficient (Wildman–Crippen LogP) is 4.93. The molecule has 1 aromatic carbocycles. The van der Waals surface area contributed by atoms with Gasteiger partial charge in [0.15, 0.2) is 0 Å². The first-order chi connectivity index (χ1) is 10.8. The number of hydrogen-bond donors (Lipinski definition) is 0. The second-order valence-corrected chi connectivity index (χ2v) is 6.00. The van der Waals surface area contributed by atoms with E-state index in [2.05, 4.69) is 24.3 Å². The van der Waals surface area contributed by atoms with Crippen molar-refractivity contribution in [2.24, 2.45) is 11.8 Å². The van der Waals surface area contributed by atoms with E-state index in [0.717, 1.165) is 17.9 Å². The predicted molar refractivity (Wildman–Crippen MR) is 88.8 cm³/mol. The summed E-state index contributed by atoms with van der Waals surface area (Å²) in [6.45, 7) is 0. The van der Waals surface area contributed by atoms with Crippen LogP contribution in [0.2, 0.25) is 0 Å². The van der Waals surface area contributed by atoms with E-state index in [-0.39, 0.29) is 0 Å². The summed E-state index contributed by atoms with van der Waals surface area (Å²) < 4.78 is 0. The molecule has 0 N–H and O–H groups in total. The fraction of sp³-hybridized carbons (Fsp3) is 0.400. The van der Waals surface area contributed by atoms with E-state index in [1.165, 1.54) is 43.7 Å². The van der Waals surface area contributed by atoms with Gasteiger partial charge < -0.3 is 0 Å². The van der Waals surface area contributed by atoms with Crippen molar-refractivity contribution in [2.45, 2.75) is 38.5 Å². The van der Waals surface area contributed by atoms with Crippen molar-refractivity contribution in [2.75, 3.05) is 0 Å². The Labute approximate surface area is 133 Å². The smallest absolute Gasteiger partial charge is 0.0991 e. The van der Waals surface area contributed by atoms with Crippen LogP contribution in [0.25, 0.3) is 0 Å². The molecule has 0 bridgehead atoms. The number of nitriles is 2. The second kappa shape index (κ2) is 8.85. The first-order valence-electron chi connectivity index (χ1n) is 8.04. The van der Waals surface area contributed by atoms with Crippen LogP contribution in [0.15, 0.2) is 48.6 Å². The van der Waals surface area contributed by atoms with E-state index in [1.54, 1.807) is 0 Å². The third-order valence-corrected chi connectivity index (χ3v) is 4.48. The van der Waals surface area contributed by atoms with Crippen molar-refractivity contribution in [3.63, 3.8) is 0 Å². The number of nitrogens with zero attached hydrogens (tertiary/aromatic N) is 2. The average molecular weight is 290 g/mol. The largest absolute Gasteiger partial charge is 0.193 e. The third kappa shape index (κ3) is 5.23. The number of allylic oxidation sites excluding steroid dienone is 4. The molecule has 0 unspecified atom stereocenters. The fourth-order valence-corrected chi connectivity index (χ4v) is 3.11. The minimum Gasteiger partial charge on any atom is -0.193 e. The minimum atomic E-state index is 0.675. The van der Waals surface area contributed by atoms with Crippen LogP contribution in [-0.4, -0.2) is 0 Å². The molecule has 112 valence electrons. The van der Waals surface area contributed by atoms with Gasteiger partial charge >= 0.3 is 0 Å². The molecule has 2 nitrogen and oxygen atoms in total. The Morgan fingerprint density at radius 1 is 1.00 bits per heavy atom. The zero-order valence-corrected chi connectivity index (χ0v) is 12.9. The lowest BCUT2D eigenvalue weighted by molar-refractivity contribution is 0.296. The molecule has 1 fully saturated rings. The summed E-state index contributed by atoms with van der Waals surface area (Å²) in [5.41, 5.74) is 2.07. The molecule has 2 heteroatoms. The summed E-state index contributed by atoms with van der Waals surface area (Å²) in [6, 6.07) is 12.1. The Bertz CT molecular complexity index is 588. The van der Waals surface area contributed by atoms with Gasteiger partial charge in [-0.2, -0.15) is 10.5 Å². The highest BCUT2D eigenvalue weighted by atomic mass is 14.2. The SMILES string of the molecule is N#CC=CC=C[C@H]1CC[C@H](CCc2ccc(C#N)cc2)CC1. The normalized spacial score (nSPS) is 21.7. The Morgan fingerprint density at radius 2 is 1.73 bits per heavy atom. The third-order valence-electron chi connectivity index (χ3n) is 4.48. The Morgan fingerprint density at radius 3 is 2.36 bits per heavy atom. The van der Waals surface area contributed by atoms with Crippen molar-refractivity contribution in [3.8, 4) is 12.1 Å². The van der Waals surface area contributed by atoms with Crippen molar-refractivity contribution >= 4 is 0 Å². The van der Waals surface area contributed by atoms with E-state index in [1.807, 2.05) is 30.4 Å². The molecule has 0 radical (unpaired) electrons. The molecule has 2 rings (SSSR count). The molecule has 1 aliphatic rings. The number of hydrogen-bond acceptors (Lipinski definition) is 2. The van der Waals surface area contributed by atoms with Crippen molar-refractivity contribution < 1.29 is 0 Å². The lowest BCUT2D eigenvalue weighted by Crippen LogP contribution is -2.13. The van der Waals surface area contributed by atoms with Gasteiger partial charge in [-0.25, -0.2) is 0 Å². The molecule has 22 heavy (non-hydrogen) atoms. The highest BCUT2D eigenvalue weighted by molar-refractivity contribution is 5.31. The maximum Gasteiger partial charge on any atom is 0.0991 e. The van der Waals surface area contributed by atoms with Crippen molar-refractivity contribution in [1.82, 2.24) is 0 Å². The molecule has 0 heterocycles. The van der Waals surface area contributed by atoms with Crippen molar-refractivity contribution in [1.29, 1.82) is 10.5 Å². The standard InChI is InChI=1S/C20H22N2/c21-15-3-1-2-4-17-5-7-18(8-6-17)9-10-19-11-13-20(16-22)14-12-19/h1-4,11-14,17-18H,5-10H2/t17-,18-. The monoisotopic (exact) mass is 290 g/mol. The van der Waals surface area contributed by atoms with Crippen LogP contribution in [-0.2, 0) is 6.42 Å². The number of rotatable bonds is 5. The van der Waals surface area contributed by atoms with E-state index < -0.39 is 0 Å². The van der Waals surface area contributed by atoms with Gasteiger partial charge in [-0.3, -0.25) is 0 Å². The fourth-order valence-electron chi connectivity index (χ4n) is 3.11. The summed E-state index contributed by atoms with van der Waals surface area (Å²) in [4.78, 5) is 0. The van der Waals surface area contributed by atoms with Gasteiger partial charge in [-0.15, -0.1) is 0 Å². The van der Waals surface area contributed by atoms with Gasteiger partial charge in [0.05, 0.1) is 17.7 Å². The highest BCUT2D eigenvalue weighted by Gasteiger charge is 2.19. The first kappa shape index (κ1) is 16.1. The summed E-state index contributed by atoms with van der Waals surface area (Å²) in [5, 5.41) is 17.2. The first-order valence-corrected chi connectivity index (χ1v) is 8.04. The van der Waals surface area contributed by atoms with Crippen LogP contribution in [0.3, 0.4) is 0 Å². The molecule has 1 aliphatic carbocycles. The zero-order chi connectivity index (χ0) is 15.6. The van der Waals surface area contributed by atoms with E-state index in [9.17, 15) is 0 Å². The molecule has 0 amide bonds. The Balaban J connectivity index is 1.71. The summed E-state index contributed by atoms with van der Waals surface area (Å²) in [7, 11) is 0. The molecular weight excluding hydrogens is 268 g/mol. The van der Waals surface area contributed by atoms with Crippen LogP contribution in [0, 0.1) is 34.5 Å². The van der Waals surface area contributed by atoms with Crippen LogP contribution >= 0.6 is 0 Å². The molecule has 0 atom stereocenters. The van der Waals surface area contributed by atoms with Gasteiger partial charge in [0, 0.05) is 6.08 Å². The van der Waals surface area contributed by atoms with Crippen LogP contribution in [0.5, 0.6) is 0 Å². The Kier molecular flexibility index (Phi) is 6.46. The quantitative estimate of drug-likeness (QED) is 0.570. The molecule has 0 saturated heterocycles.